The normalized spacial score (nSPS) is 10.3. The van der Waals surface area contributed by atoms with Crippen molar-refractivity contribution in [1.29, 1.82) is 10.5 Å². The number of pyridine rings is 3. The van der Waals surface area contributed by atoms with Crippen molar-refractivity contribution in [3.05, 3.63) is 115 Å². The molecule has 0 aliphatic carbocycles. The van der Waals surface area contributed by atoms with Crippen molar-refractivity contribution in [2.75, 3.05) is 0 Å². The molecular weight excluding hydrogens is 418 g/mol. The van der Waals surface area contributed by atoms with Gasteiger partial charge in [-0.2, -0.15) is 10.5 Å². The minimum atomic E-state index is 0.322. The van der Waals surface area contributed by atoms with E-state index in [4.69, 9.17) is 4.98 Å². The van der Waals surface area contributed by atoms with E-state index in [1.807, 2.05) is 42.5 Å². The van der Waals surface area contributed by atoms with Crippen LogP contribution < -0.4 is 0 Å². The molecule has 0 aliphatic heterocycles. The lowest BCUT2D eigenvalue weighted by Gasteiger charge is -2.10. The maximum absolute atomic E-state index is 9.28. The summed E-state index contributed by atoms with van der Waals surface area (Å²) in [7, 11) is 0. The summed E-state index contributed by atoms with van der Waals surface area (Å²) in [5, 5.41) is 18.6. The third-order valence-electron chi connectivity index (χ3n) is 5.40. The van der Waals surface area contributed by atoms with Crippen LogP contribution in [0.4, 0.5) is 0 Å². The van der Waals surface area contributed by atoms with Crippen LogP contribution in [0.2, 0.25) is 0 Å². The lowest BCUT2D eigenvalue weighted by atomic mass is 9.99. The molecule has 5 nitrogen and oxygen atoms in total. The summed E-state index contributed by atoms with van der Waals surface area (Å²) >= 11 is 0. The second-order valence-electron chi connectivity index (χ2n) is 7.61. The molecule has 0 amide bonds. The minimum absolute atomic E-state index is 0.322. The average Bonchev–Trinajstić information content (AvgIpc) is 2.93. The quantitative estimate of drug-likeness (QED) is 0.331. The largest absolute Gasteiger partial charge is 0.244 e. The fraction of sp³-hybridized carbons (Fsp3) is 0. The van der Waals surface area contributed by atoms with Crippen LogP contribution in [-0.4, -0.2) is 15.0 Å². The van der Waals surface area contributed by atoms with Gasteiger partial charge in [-0.25, -0.2) is 15.0 Å². The number of rotatable bonds is 4. The lowest BCUT2D eigenvalue weighted by molar-refractivity contribution is 1.19. The monoisotopic (exact) mass is 435 g/mol. The molecule has 0 atom stereocenters. The van der Waals surface area contributed by atoms with E-state index in [1.54, 1.807) is 24.3 Å². The highest BCUT2D eigenvalue weighted by Crippen LogP contribution is 2.30. The number of benzene rings is 2. The Labute approximate surface area is 197 Å². The van der Waals surface area contributed by atoms with Gasteiger partial charge in [0.25, 0.3) is 0 Å². The average molecular weight is 435 g/mol. The second-order valence-corrected chi connectivity index (χ2v) is 7.61. The fourth-order valence-electron chi connectivity index (χ4n) is 3.72. The van der Waals surface area contributed by atoms with E-state index in [9.17, 15) is 10.5 Å². The summed E-state index contributed by atoms with van der Waals surface area (Å²) in [6, 6.07) is 37.2. The molecule has 5 heteroatoms. The minimum Gasteiger partial charge on any atom is -0.244 e. The third-order valence-corrected chi connectivity index (χ3v) is 5.40. The van der Waals surface area contributed by atoms with E-state index in [1.165, 1.54) is 0 Å². The number of hydrogen-bond acceptors (Lipinski definition) is 5. The van der Waals surface area contributed by atoms with Crippen LogP contribution in [0.5, 0.6) is 0 Å². The molecule has 0 fully saturated rings. The Balaban J connectivity index is 1.64. The van der Waals surface area contributed by atoms with E-state index < -0.39 is 0 Å². The molecule has 3 aromatic heterocycles. The summed E-state index contributed by atoms with van der Waals surface area (Å²) in [6.07, 6.45) is 0. The number of aromatic nitrogens is 3. The number of nitrogens with zero attached hydrogens (tertiary/aromatic N) is 5. The Morgan fingerprint density at radius 3 is 1.38 bits per heavy atom. The smallest absolute Gasteiger partial charge is 0.141 e. The molecule has 0 N–H and O–H groups in total. The van der Waals surface area contributed by atoms with E-state index >= 15 is 0 Å². The molecule has 0 radical (unpaired) electrons. The van der Waals surface area contributed by atoms with Crippen LogP contribution in [0.1, 0.15) is 11.4 Å². The van der Waals surface area contributed by atoms with Crippen LogP contribution in [0, 0.1) is 22.7 Å². The topological polar surface area (TPSA) is 86.2 Å². The predicted octanol–water partition coefficient (Wildman–Crippen LogP) is 6.28. The predicted molar refractivity (Wildman–Crippen MR) is 131 cm³/mol. The molecular formula is C29H17N5. The summed E-state index contributed by atoms with van der Waals surface area (Å²) < 4.78 is 0. The van der Waals surface area contributed by atoms with Gasteiger partial charge in [-0.05, 0) is 58.7 Å². The van der Waals surface area contributed by atoms with Gasteiger partial charge in [0.2, 0.25) is 0 Å². The Morgan fingerprint density at radius 2 is 0.882 bits per heavy atom. The standard InChI is InChI=1S/C29H17N5/c30-18-24-8-4-10-26(32-24)28-16-23(17-29(34-28)27-11-5-9-25(19-31)33-27)22-14-12-21(13-15-22)20-6-2-1-3-7-20/h1-17H. The van der Waals surface area contributed by atoms with Crippen LogP contribution in [-0.2, 0) is 0 Å². The van der Waals surface area contributed by atoms with Crippen molar-refractivity contribution < 1.29 is 0 Å². The number of hydrogen-bond donors (Lipinski definition) is 0. The first-order chi connectivity index (χ1) is 16.7. The molecule has 0 aliphatic rings. The molecule has 0 saturated carbocycles. The molecule has 0 unspecified atom stereocenters. The molecule has 158 valence electrons. The maximum Gasteiger partial charge on any atom is 0.141 e. The molecule has 5 aromatic rings. The second kappa shape index (κ2) is 9.16. The van der Waals surface area contributed by atoms with Crippen molar-refractivity contribution in [2.24, 2.45) is 0 Å². The zero-order valence-corrected chi connectivity index (χ0v) is 18.1. The SMILES string of the molecule is N#Cc1cccc(-c2cc(-c3ccc(-c4ccccc4)cc3)cc(-c3cccc(C#N)n3)n2)n1. The number of nitriles is 2. The Bertz CT molecular complexity index is 1480. The van der Waals surface area contributed by atoms with Gasteiger partial charge in [-0.1, -0.05) is 66.7 Å². The summed E-state index contributed by atoms with van der Waals surface area (Å²) in [5.74, 6) is 0. The van der Waals surface area contributed by atoms with Gasteiger partial charge in [-0.3, -0.25) is 0 Å². The third kappa shape index (κ3) is 4.27. The van der Waals surface area contributed by atoms with Crippen molar-refractivity contribution in [3.8, 4) is 57.2 Å². The first-order valence-corrected chi connectivity index (χ1v) is 10.7. The van der Waals surface area contributed by atoms with Crippen LogP contribution in [0.3, 0.4) is 0 Å². The Hall–Kier alpha value is -5.13. The lowest BCUT2D eigenvalue weighted by Crippen LogP contribution is -1.96. The summed E-state index contributed by atoms with van der Waals surface area (Å²) in [6.45, 7) is 0. The molecule has 0 spiro atoms. The molecule has 3 heterocycles. The summed E-state index contributed by atoms with van der Waals surface area (Å²) in [4.78, 5) is 13.6. The summed E-state index contributed by atoms with van der Waals surface area (Å²) in [5.41, 5.74) is 7.32. The molecule has 0 bridgehead atoms. The molecule has 5 rings (SSSR count). The fourth-order valence-corrected chi connectivity index (χ4v) is 3.72. The van der Waals surface area contributed by atoms with Gasteiger partial charge in [-0.15, -0.1) is 0 Å². The Morgan fingerprint density at radius 1 is 0.412 bits per heavy atom. The van der Waals surface area contributed by atoms with Gasteiger partial charge in [0, 0.05) is 0 Å². The molecule has 34 heavy (non-hydrogen) atoms. The zero-order chi connectivity index (χ0) is 23.3. The van der Waals surface area contributed by atoms with E-state index in [0.29, 0.717) is 34.2 Å². The van der Waals surface area contributed by atoms with Crippen molar-refractivity contribution in [1.82, 2.24) is 15.0 Å². The molecule has 0 saturated heterocycles. The first kappa shape index (κ1) is 20.8. The van der Waals surface area contributed by atoms with Crippen LogP contribution in [0.15, 0.2) is 103 Å². The van der Waals surface area contributed by atoms with Crippen molar-refractivity contribution in [3.63, 3.8) is 0 Å². The highest BCUT2D eigenvalue weighted by Gasteiger charge is 2.12. The van der Waals surface area contributed by atoms with Gasteiger partial charge in [0.15, 0.2) is 0 Å². The Kier molecular flexibility index (Phi) is 5.59. The van der Waals surface area contributed by atoms with E-state index in [2.05, 4.69) is 58.5 Å². The maximum atomic E-state index is 9.28. The van der Waals surface area contributed by atoms with Gasteiger partial charge >= 0.3 is 0 Å². The molecule has 2 aromatic carbocycles. The first-order valence-electron chi connectivity index (χ1n) is 10.7. The van der Waals surface area contributed by atoms with Crippen LogP contribution in [0.25, 0.3) is 45.0 Å². The van der Waals surface area contributed by atoms with E-state index in [0.717, 1.165) is 22.3 Å². The highest BCUT2D eigenvalue weighted by atomic mass is 14.8. The zero-order valence-electron chi connectivity index (χ0n) is 18.1. The van der Waals surface area contributed by atoms with Crippen LogP contribution >= 0.6 is 0 Å². The van der Waals surface area contributed by atoms with Crippen molar-refractivity contribution in [2.45, 2.75) is 0 Å². The highest BCUT2D eigenvalue weighted by molar-refractivity contribution is 5.76. The van der Waals surface area contributed by atoms with E-state index in [-0.39, 0.29) is 0 Å². The van der Waals surface area contributed by atoms with Gasteiger partial charge in [0.1, 0.15) is 23.5 Å². The van der Waals surface area contributed by atoms with Gasteiger partial charge in [0.05, 0.1) is 22.8 Å². The van der Waals surface area contributed by atoms with Crippen molar-refractivity contribution >= 4 is 0 Å². The van der Waals surface area contributed by atoms with Gasteiger partial charge < -0.3 is 0 Å².